The van der Waals surface area contributed by atoms with Crippen molar-refractivity contribution < 1.29 is 42.8 Å². The number of aliphatic imine (C=N–C) groups is 1. The Labute approximate surface area is 230 Å². The van der Waals surface area contributed by atoms with Gasteiger partial charge in [-0.1, -0.05) is 13.8 Å². The first-order chi connectivity index (χ1) is 19.1. The number of rotatable bonds is 5. The Morgan fingerprint density at radius 1 is 1.20 bits per heavy atom. The minimum Gasteiger partial charge on any atom is -0.455 e. The number of carbonyl (C=O) groups is 3. The van der Waals surface area contributed by atoms with E-state index in [-0.39, 0.29) is 31.4 Å². The van der Waals surface area contributed by atoms with E-state index < -0.39 is 47.4 Å². The van der Waals surface area contributed by atoms with Crippen molar-refractivity contribution in [1.29, 1.82) is 0 Å². The van der Waals surface area contributed by atoms with Crippen LogP contribution in [0, 0.1) is 5.41 Å². The summed E-state index contributed by atoms with van der Waals surface area (Å²) in [6.07, 6.45) is -0.827. The highest BCUT2D eigenvalue weighted by Crippen LogP contribution is 2.44. The zero-order chi connectivity index (χ0) is 28.5. The molecule has 3 fully saturated rings. The molecular formula is C26H33N5O9. The Hall–Kier alpha value is -3.78. The van der Waals surface area contributed by atoms with Gasteiger partial charge in [0.05, 0.1) is 31.7 Å². The highest BCUT2D eigenvalue weighted by Gasteiger charge is 2.62. The van der Waals surface area contributed by atoms with Crippen molar-refractivity contribution in [2.24, 2.45) is 10.4 Å². The molecule has 40 heavy (non-hydrogen) atoms. The maximum atomic E-state index is 13.2. The van der Waals surface area contributed by atoms with Gasteiger partial charge in [0, 0.05) is 26.1 Å². The summed E-state index contributed by atoms with van der Waals surface area (Å²) in [5, 5.41) is 4.31. The maximum absolute atomic E-state index is 13.2. The third-order valence-electron chi connectivity index (χ3n) is 7.21. The average molecular weight is 560 g/mol. The average Bonchev–Trinajstić information content (AvgIpc) is 3.45. The van der Waals surface area contributed by atoms with Crippen molar-refractivity contribution in [3.8, 4) is 0 Å². The molecule has 3 aliphatic rings. The van der Waals surface area contributed by atoms with Crippen LogP contribution in [-0.4, -0.2) is 90.2 Å². The van der Waals surface area contributed by atoms with Crippen LogP contribution in [0.15, 0.2) is 23.5 Å². The fourth-order valence-electron chi connectivity index (χ4n) is 5.40. The molecule has 3 aliphatic heterocycles. The number of hydrogen-bond donors (Lipinski definition) is 1. The van der Waals surface area contributed by atoms with Gasteiger partial charge in [0.15, 0.2) is 23.6 Å². The SMILES string of the molecule is CN=C[C@@]1(c2ccc3c(N)ncnn23)O[C@H](COC(=O)OC2CCOCC2)[C@H]2OC(=O)CC(C)(C)CC(=O)O[C@H]21. The summed E-state index contributed by atoms with van der Waals surface area (Å²) in [5.41, 5.74) is 4.64. The van der Waals surface area contributed by atoms with E-state index in [1.54, 1.807) is 26.0 Å². The maximum Gasteiger partial charge on any atom is 0.508 e. The lowest BCUT2D eigenvalue weighted by atomic mass is 9.86. The van der Waals surface area contributed by atoms with Crippen LogP contribution in [0.4, 0.5) is 10.6 Å². The second-order valence-corrected chi connectivity index (χ2v) is 10.9. The topological polar surface area (TPSA) is 175 Å². The van der Waals surface area contributed by atoms with Crippen molar-refractivity contribution in [3.63, 3.8) is 0 Å². The number of carbonyl (C=O) groups excluding carboxylic acids is 3. The molecule has 14 nitrogen and oxygen atoms in total. The molecule has 216 valence electrons. The van der Waals surface area contributed by atoms with Gasteiger partial charge in [0.25, 0.3) is 0 Å². The van der Waals surface area contributed by atoms with Crippen LogP contribution in [0.1, 0.15) is 45.2 Å². The van der Waals surface area contributed by atoms with Crippen LogP contribution in [0.25, 0.3) is 5.52 Å². The van der Waals surface area contributed by atoms with E-state index in [4.69, 9.17) is 34.2 Å². The monoisotopic (exact) mass is 559 g/mol. The van der Waals surface area contributed by atoms with Crippen molar-refractivity contribution >= 4 is 35.6 Å². The van der Waals surface area contributed by atoms with E-state index in [2.05, 4.69) is 15.1 Å². The lowest BCUT2D eigenvalue weighted by Crippen LogP contribution is -2.47. The minimum atomic E-state index is -1.59. The number of anilines is 1. The molecule has 14 heteroatoms. The van der Waals surface area contributed by atoms with Gasteiger partial charge in [-0.15, -0.1) is 0 Å². The smallest absolute Gasteiger partial charge is 0.455 e. The van der Waals surface area contributed by atoms with Crippen LogP contribution in [-0.2, 0) is 43.6 Å². The molecule has 3 saturated heterocycles. The number of nitrogens with two attached hydrogens (primary N) is 1. The summed E-state index contributed by atoms with van der Waals surface area (Å²) in [4.78, 5) is 47.0. The van der Waals surface area contributed by atoms with E-state index in [9.17, 15) is 14.4 Å². The zero-order valence-corrected chi connectivity index (χ0v) is 22.6. The lowest BCUT2D eigenvalue weighted by molar-refractivity contribution is -0.166. The first-order valence-corrected chi connectivity index (χ1v) is 13.1. The molecular weight excluding hydrogens is 526 g/mol. The third kappa shape index (κ3) is 5.45. The van der Waals surface area contributed by atoms with Crippen LogP contribution in [0.5, 0.6) is 0 Å². The van der Waals surface area contributed by atoms with Crippen molar-refractivity contribution in [3.05, 3.63) is 24.2 Å². The molecule has 0 saturated carbocycles. The van der Waals surface area contributed by atoms with Gasteiger partial charge in [-0.2, -0.15) is 5.10 Å². The zero-order valence-electron chi connectivity index (χ0n) is 22.6. The first-order valence-electron chi connectivity index (χ1n) is 13.1. The fourth-order valence-corrected chi connectivity index (χ4v) is 5.40. The third-order valence-corrected chi connectivity index (χ3v) is 7.21. The molecule has 0 aliphatic carbocycles. The number of nitrogens with zero attached hydrogens (tertiary/aromatic N) is 4. The molecule has 2 aromatic rings. The predicted octanol–water partition coefficient (Wildman–Crippen LogP) is 1.58. The van der Waals surface area contributed by atoms with Gasteiger partial charge >= 0.3 is 18.1 Å². The molecule has 0 amide bonds. The van der Waals surface area contributed by atoms with Gasteiger partial charge < -0.3 is 34.2 Å². The molecule has 5 heterocycles. The van der Waals surface area contributed by atoms with E-state index in [1.165, 1.54) is 24.1 Å². The first kappa shape index (κ1) is 27.8. The van der Waals surface area contributed by atoms with Crippen LogP contribution < -0.4 is 5.73 Å². The summed E-state index contributed by atoms with van der Waals surface area (Å²) < 4.78 is 36.0. The van der Waals surface area contributed by atoms with E-state index in [1.807, 2.05) is 0 Å². The second-order valence-electron chi connectivity index (χ2n) is 10.9. The van der Waals surface area contributed by atoms with E-state index >= 15 is 0 Å². The predicted molar refractivity (Wildman–Crippen MR) is 137 cm³/mol. The molecule has 0 bridgehead atoms. The normalized spacial score (nSPS) is 29.2. The lowest BCUT2D eigenvalue weighted by Gasteiger charge is -2.31. The Balaban J connectivity index is 1.52. The Morgan fingerprint density at radius 2 is 1.93 bits per heavy atom. The van der Waals surface area contributed by atoms with Crippen LogP contribution >= 0.6 is 0 Å². The van der Waals surface area contributed by atoms with Gasteiger partial charge in [-0.3, -0.25) is 14.6 Å². The molecule has 0 unspecified atom stereocenters. The summed E-state index contributed by atoms with van der Waals surface area (Å²) >= 11 is 0. The number of hydrogen-bond acceptors (Lipinski definition) is 13. The molecule has 4 atom stereocenters. The summed E-state index contributed by atoms with van der Waals surface area (Å²) in [6, 6.07) is 3.38. The van der Waals surface area contributed by atoms with Crippen molar-refractivity contribution in [1.82, 2.24) is 14.6 Å². The van der Waals surface area contributed by atoms with Gasteiger partial charge in [0.2, 0.25) is 0 Å². The van der Waals surface area contributed by atoms with Gasteiger partial charge in [-0.25, -0.2) is 14.3 Å². The van der Waals surface area contributed by atoms with Crippen LogP contribution in [0.3, 0.4) is 0 Å². The molecule has 5 rings (SSSR count). The van der Waals surface area contributed by atoms with Crippen molar-refractivity contribution in [2.75, 3.05) is 32.6 Å². The standard InChI is InChI=1S/C26H33N5O9/c1-25(2)10-19(32)38-21-17(12-36-24(34)37-15-6-8-35-9-7-15)40-26(13-28-3,22(21)39-20(33)11-25)18-5-4-16-23(27)29-14-30-31(16)18/h4-5,13-15,17,21-22H,6-12H2,1-3H3,(H2,27,29,30)/t17-,21-,22-,26+/m1/s1. The van der Waals surface area contributed by atoms with Crippen molar-refractivity contribution in [2.45, 2.75) is 69.5 Å². The number of nitrogen functional groups attached to an aromatic ring is 1. The van der Waals surface area contributed by atoms with Crippen LogP contribution in [0.2, 0.25) is 0 Å². The number of aromatic nitrogens is 3. The highest BCUT2D eigenvalue weighted by atomic mass is 16.7. The second kappa shape index (κ2) is 11.0. The largest absolute Gasteiger partial charge is 0.508 e. The Kier molecular flexibility index (Phi) is 7.64. The molecule has 0 spiro atoms. The molecule has 2 aromatic heterocycles. The Morgan fingerprint density at radius 3 is 2.65 bits per heavy atom. The number of esters is 2. The number of fused-ring (bicyclic) bond motifs is 2. The van der Waals surface area contributed by atoms with E-state index in [0.717, 1.165) is 0 Å². The molecule has 0 radical (unpaired) electrons. The quantitative estimate of drug-likeness (QED) is 0.318. The van der Waals surface area contributed by atoms with E-state index in [0.29, 0.717) is 37.3 Å². The minimum absolute atomic E-state index is 0.0304. The molecule has 2 N–H and O–H groups in total. The van der Waals surface area contributed by atoms with Gasteiger partial charge in [-0.05, 0) is 17.5 Å². The highest BCUT2D eigenvalue weighted by molar-refractivity contribution is 5.79. The Bertz CT molecular complexity index is 1300. The summed E-state index contributed by atoms with van der Waals surface area (Å²) in [7, 11) is 1.53. The summed E-state index contributed by atoms with van der Waals surface area (Å²) in [5.74, 6) is -0.881. The number of ether oxygens (including phenoxy) is 6. The summed E-state index contributed by atoms with van der Waals surface area (Å²) in [6.45, 7) is 4.19. The fraction of sp³-hybridized carbons (Fsp3) is 0.615. The molecule has 0 aromatic carbocycles. The van der Waals surface area contributed by atoms with Gasteiger partial charge in [0.1, 0.15) is 30.7 Å².